The van der Waals surface area contributed by atoms with Crippen molar-refractivity contribution in [2.45, 2.75) is 37.9 Å². The summed E-state index contributed by atoms with van der Waals surface area (Å²) in [4.78, 5) is 25.7. The number of esters is 1. The number of ether oxygens (including phenoxy) is 3. The van der Waals surface area contributed by atoms with Gasteiger partial charge in [0.15, 0.2) is 0 Å². The summed E-state index contributed by atoms with van der Waals surface area (Å²) in [5, 5.41) is 3.17. The molecule has 7 heteroatoms. The summed E-state index contributed by atoms with van der Waals surface area (Å²) in [5.74, 6) is -0.299. The standard InChI is InChI=1S/C13H22N2O5/c1-3-19-12(16)11-10-5-4-9(8-14-11)15(10)13(17)20-7-6-18-2/h9-11,14H,3-8H2,1-2H3/t9-,10+,11+/m1/s1. The summed E-state index contributed by atoms with van der Waals surface area (Å²) in [7, 11) is 1.55. The molecule has 0 unspecified atom stereocenters. The lowest BCUT2D eigenvalue weighted by Crippen LogP contribution is -2.62. The molecular weight excluding hydrogens is 264 g/mol. The lowest BCUT2D eigenvalue weighted by molar-refractivity contribution is -0.148. The van der Waals surface area contributed by atoms with Gasteiger partial charge in [0.2, 0.25) is 0 Å². The average Bonchev–Trinajstić information content (AvgIpc) is 2.73. The van der Waals surface area contributed by atoms with Crippen molar-refractivity contribution in [2.75, 3.05) is 33.5 Å². The van der Waals surface area contributed by atoms with Crippen LogP contribution in [0.5, 0.6) is 0 Å². The van der Waals surface area contributed by atoms with E-state index in [1.54, 1.807) is 18.9 Å². The minimum Gasteiger partial charge on any atom is -0.465 e. The molecule has 0 aromatic rings. The Bertz CT molecular complexity index is 363. The highest BCUT2D eigenvalue weighted by Crippen LogP contribution is 2.31. The van der Waals surface area contributed by atoms with Crippen LogP contribution in [0.25, 0.3) is 0 Å². The molecule has 1 amide bonds. The van der Waals surface area contributed by atoms with Gasteiger partial charge in [-0.25, -0.2) is 4.79 Å². The zero-order chi connectivity index (χ0) is 14.5. The smallest absolute Gasteiger partial charge is 0.410 e. The number of piperazine rings is 1. The molecule has 2 aliphatic rings. The number of hydrogen-bond donors (Lipinski definition) is 1. The van der Waals surface area contributed by atoms with Crippen molar-refractivity contribution in [2.24, 2.45) is 0 Å². The molecule has 2 saturated heterocycles. The minimum atomic E-state index is -0.455. The van der Waals surface area contributed by atoms with Crippen molar-refractivity contribution in [3.63, 3.8) is 0 Å². The molecule has 0 aromatic carbocycles. The van der Waals surface area contributed by atoms with Crippen LogP contribution in [0, 0.1) is 0 Å². The van der Waals surface area contributed by atoms with Gasteiger partial charge in [0.05, 0.1) is 19.3 Å². The number of amides is 1. The van der Waals surface area contributed by atoms with Crippen LogP contribution in [0.2, 0.25) is 0 Å². The van der Waals surface area contributed by atoms with E-state index >= 15 is 0 Å². The van der Waals surface area contributed by atoms with Crippen molar-refractivity contribution in [1.29, 1.82) is 0 Å². The van der Waals surface area contributed by atoms with Crippen LogP contribution >= 0.6 is 0 Å². The number of nitrogens with one attached hydrogen (secondary N) is 1. The first-order chi connectivity index (χ1) is 9.69. The van der Waals surface area contributed by atoms with E-state index in [0.29, 0.717) is 19.8 Å². The van der Waals surface area contributed by atoms with Gasteiger partial charge in [-0.15, -0.1) is 0 Å². The molecule has 3 atom stereocenters. The molecule has 2 heterocycles. The number of hydrogen-bond acceptors (Lipinski definition) is 6. The molecule has 2 bridgehead atoms. The summed E-state index contributed by atoms with van der Waals surface area (Å²) in [6.07, 6.45) is 1.30. The van der Waals surface area contributed by atoms with E-state index in [9.17, 15) is 9.59 Å². The molecule has 1 N–H and O–H groups in total. The Morgan fingerprint density at radius 1 is 1.25 bits per heavy atom. The normalized spacial score (nSPS) is 28.3. The monoisotopic (exact) mass is 286 g/mol. The highest BCUT2D eigenvalue weighted by molar-refractivity contribution is 5.79. The summed E-state index contributed by atoms with van der Waals surface area (Å²) >= 11 is 0. The van der Waals surface area contributed by atoms with E-state index in [2.05, 4.69) is 5.32 Å². The zero-order valence-electron chi connectivity index (χ0n) is 12.0. The fourth-order valence-corrected chi connectivity index (χ4v) is 2.88. The van der Waals surface area contributed by atoms with Crippen LogP contribution < -0.4 is 5.32 Å². The molecule has 0 saturated carbocycles. The second-order valence-electron chi connectivity index (χ2n) is 4.95. The summed E-state index contributed by atoms with van der Waals surface area (Å²) in [5.41, 5.74) is 0. The van der Waals surface area contributed by atoms with Gasteiger partial charge < -0.3 is 19.5 Å². The quantitative estimate of drug-likeness (QED) is 0.572. The predicted molar refractivity (Wildman–Crippen MR) is 70.3 cm³/mol. The van der Waals surface area contributed by atoms with Crippen molar-refractivity contribution < 1.29 is 23.8 Å². The zero-order valence-corrected chi connectivity index (χ0v) is 12.0. The van der Waals surface area contributed by atoms with E-state index in [1.165, 1.54) is 0 Å². The largest absolute Gasteiger partial charge is 0.465 e. The van der Waals surface area contributed by atoms with Crippen LogP contribution in [-0.2, 0) is 19.0 Å². The molecule has 2 rings (SSSR count). The maximum atomic E-state index is 12.1. The van der Waals surface area contributed by atoms with Crippen LogP contribution in [0.15, 0.2) is 0 Å². The van der Waals surface area contributed by atoms with Gasteiger partial charge >= 0.3 is 12.1 Å². The minimum absolute atomic E-state index is 0.0979. The molecule has 0 spiro atoms. The van der Waals surface area contributed by atoms with Crippen LogP contribution in [-0.4, -0.2) is 68.6 Å². The highest BCUT2D eigenvalue weighted by atomic mass is 16.6. The first kappa shape index (κ1) is 15.1. The lowest BCUT2D eigenvalue weighted by atomic mass is 10.1. The Morgan fingerprint density at radius 3 is 2.75 bits per heavy atom. The molecule has 7 nitrogen and oxygen atoms in total. The topological polar surface area (TPSA) is 77.1 Å². The van der Waals surface area contributed by atoms with E-state index in [1.807, 2.05) is 0 Å². The first-order valence-electron chi connectivity index (χ1n) is 7.03. The molecular formula is C13H22N2O5. The number of carbonyl (C=O) groups is 2. The third-order valence-electron chi connectivity index (χ3n) is 3.77. The fourth-order valence-electron chi connectivity index (χ4n) is 2.88. The van der Waals surface area contributed by atoms with Gasteiger partial charge in [-0.1, -0.05) is 0 Å². The lowest BCUT2D eigenvalue weighted by Gasteiger charge is -2.38. The Balaban J connectivity index is 1.98. The number of fused-ring (bicyclic) bond motifs is 2. The average molecular weight is 286 g/mol. The molecule has 20 heavy (non-hydrogen) atoms. The number of nitrogens with zero attached hydrogens (tertiary/aromatic N) is 1. The number of carbonyl (C=O) groups excluding carboxylic acids is 2. The number of rotatable bonds is 5. The van der Waals surface area contributed by atoms with Gasteiger partial charge in [0, 0.05) is 19.7 Å². The second-order valence-corrected chi connectivity index (χ2v) is 4.95. The van der Waals surface area contributed by atoms with Gasteiger partial charge in [0.1, 0.15) is 12.6 Å². The van der Waals surface area contributed by atoms with Gasteiger partial charge in [0.25, 0.3) is 0 Å². The summed E-state index contributed by atoms with van der Waals surface area (Å²) in [6.45, 7) is 3.30. The highest BCUT2D eigenvalue weighted by Gasteiger charge is 2.48. The Labute approximate surface area is 118 Å². The van der Waals surface area contributed by atoms with Crippen molar-refractivity contribution in [3.8, 4) is 0 Å². The van der Waals surface area contributed by atoms with Crippen molar-refractivity contribution in [3.05, 3.63) is 0 Å². The Kier molecular flexibility index (Phi) is 5.19. The van der Waals surface area contributed by atoms with Crippen molar-refractivity contribution in [1.82, 2.24) is 10.2 Å². The molecule has 0 radical (unpaired) electrons. The Hall–Kier alpha value is -1.34. The fraction of sp³-hybridized carbons (Fsp3) is 0.846. The van der Waals surface area contributed by atoms with Crippen LogP contribution in [0.1, 0.15) is 19.8 Å². The maximum absolute atomic E-state index is 12.1. The molecule has 114 valence electrons. The van der Waals surface area contributed by atoms with Gasteiger partial charge in [-0.2, -0.15) is 0 Å². The van der Waals surface area contributed by atoms with Gasteiger partial charge in [-0.3, -0.25) is 9.69 Å². The van der Waals surface area contributed by atoms with Crippen molar-refractivity contribution >= 4 is 12.1 Å². The Morgan fingerprint density at radius 2 is 2.05 bits per heavy atom. The molecule has 2 fully saturated rings. The first-order valence-corrected chi connectivity index (χ1v) is 7.03. The summed E-state index contributed by atoms with van der Waals surface area (Å²) < 4.78 is 15.1. The third kappa shape index (κ3) is 3.04. The van der Waals surface area contributed by atoms with Crippen LogP contribution in [0.3, 0.4) is 0 Å². The molecule has 2 aliphatic heterocycles. The van der Waals surface area contributed by atoms with Gasteiger partial charge in [-0.05, 0) is 19.8 Å². The van der Waals surface area contributed by atoms with E-state index < -0.39 is 6.04 Å². The third-order valence-corrected chi connectivity index (χ3v) is 3.77. The molecule has 0 aliphatic carbocycles. The van der Waals surface area contributed by atoms with Crippen LogP contribution in [0.4, 0.5) is 4.79 Å². The number of methoxy groups -OCH3 is 1. The van der Waals surface area contributed by atoms with E-state index in [-0.39, 0.29) is 30.8 Å². The maximum Gasteiger partial charge on any atom is 0.410 e. The second kappa shape index (κ2) is 6.90. The van der Waals surface area contributed by atoms with E-state index in [0.717, 1.165) is 12.8 Å². The predicted octanol–water partition coefficient (Wildman–Crippen LogP) is 0.137. The molecule has 0 aromatic heterocycles. The SMILES string of the molecule is CCOC(=O)[C@H]1NC[C@H]2CC[C@@H]1N2C(=O)OCCOC. The summed E-state index contributed by atoms with van der Waals surface area (Å²) in [6, 6.07) is -0.535. The van der Waals surface area contributed by atoms with E-state index in [4.69, 9.17) is 14.2 Å².